The normalized spacial score (nSPS) is 12.3. The molecule has 1 amide bonds. The number of carboxylic acid groups (broad SMARTS) is 1. The number of aliphatic hydroxyl groups excluding tert-OH is 2. The molecule has 0 aromatic carbocycles. The lowest BCUT2D eigenvalue weighted by molar-refractivity contribution is -0.141. The van der Waals surface area contributed by atoms with Crippen molar-refractivity contribution >= 4 is 23.6 Å². The van der Waals surface area contributed by atoms with Gasteiger partial charge in [0.2, 0.25) is 5.91 Å². The summed E-state index contributed by atoms with van der Waals surface area (Å²) in [6.45, 7) is 1.81. The third kappa shape index (κ3) is 19.6. The highest BCUT2D eigenvalue weighted by molar-refractivity contribution is 8.00. The molecular weight excluding hydrogens is 414 g/mol. The Hall–Kier alpha value is -0.790. The van der Waals surface area contributed by atoms with Crippen LogP contribution >= 0.6 is 11.8 Å². The molecule has 0 aromatic rings. The highest BCUT2D eigenvalue weighted by atomic mass is 32.2. The van der Waals surface area contributed by atoms with Crippen molar-refractivity contribution in [3.05, 3.63) is 0 Å². The lowest BCUT2D eigenvalue weighted by Crippen LogP contribution is -2.43. The zero-order chi connectivity index (χ0) is 23.2. The average Bonchev–Trinajstić information content (AvgIpc) is 2.76. The number of carbonyl (C=O) groups is 2. The fraction of sp³-hybridized carbons (Fsp3) is 0.917. The molecule has 0 aliphatic heterocycles. The molecule has 0 fully saturated rings. The maximum Gasteiger partial charge on any atom is 0.327 e. The number of rotatable bonds is 23. The summed E-state index contributed by atoms with van der Waals surface area (Å²) in [6, 6.07) is -0.991. The molecule has 31 heavy (non-hydrogen) atoms. The summed E-state index contributed by atoms with van der Waals surface area (Å²) < 4.78 is 0. The van der Waals surface area contributed by atoms with Gasteiger partial charge in [0.05, 0.1) is 18.5 Å². The molecule has 0 unspecified atom stereocenters. The van der Waals surface area contributed by atoms with Crippen LogP contribution in [0.4, 0.5) is 0 Å². The highest BCUT2D eigenvalue weighted by Crippen LogP contribution is 2.14. The number of carbonyl (C=O) groups excluding carboxylic acids is 1. The van der Waals surface area contributed by atoms with E-state index < -0.39 is 17.3 Å². The summed E-state index contributed by atoms with van der Waals surface area (Å²) in [5.41, 5.74) is 0. The highest BCUT2D eigenvalue weighted by Gasteiger charge is 2.21. The van der Waals surface area contributed by atoms with Gasteiger partial charge in [0.15, 0.2) is 0 Å². The van der Waals surface area contributed by atoms with Crippen LogP contribution in [0.1, 0.15) is 110 Å². The Bertz CT molecular complexity index is 432. The fourth-order valence-corrected chi connectivity index (χ4v) is 4.39. The molecule has 0 saturated carbocycles. The maximum absolute atomic E-state index is 12.0. The van der Waals surface area contributed by atoms with Crippen LogP contribution in [0.3, 0.4) is 0 Å². The van der Waals surface area contributed by atoms with E-state index in [0.717, 1.165) is 31.0 Å². The van der Waals surface area contributed by atoms with Crippen molar-refractivity contribution in [2.24, 2.45) is 0 Å². The Morgan fingerprint density at radius 1 is 0.742 bits per heavy atom. The molecule has 184 valence electrons. The van der Waals surface area contributed by atoms with E-state index in [-0.39, 0.29) is 24.9 Å². The number of hydrogen-bond donors (Lipinski definition) is 4. The predicted octanol–water partition coefficient (Wildman–Crippen LogP) is 4.90. The van der Waals surface area contributed by atoms with Gasteiger partial charge in [0.25, 0.3) is 0 Å². The topological polar surface area (TPSA) is 107 Å². The standard InChI is InChI=1S/C24H47NO5S/c1-2-3-4-5-6-7-8-9-10-11-12-13-14-15-16-17-23(28)25-22(24(29)30)20-31-21(18-26)19-27/h21-22,26-27H,2-20H2,1H3,(H,25,28)(H,29,30)/t22-/m0/s1. The van der Waals surface area contributed by atoms with E-state index in [2.05, 4.69) is 12.2 Å². The first-order chi connectivity index (χ1) is 15.0. The molecule has 6 nitrogen and oxygen atoms in total. The minimum absolute atomic E-state index is 0.131. The van der Waals surface area contributed by atoms with Crippen molar-refractivity contribution < 1.29 is 24.9 Å². The van der Waals surface area contributed by atoms with E-state index in [1.165, 1.54) is 77.0 Å². The van der Waals surface area contributed by atoms with Gasteiger partial charge in [-0.2, -0.15) is 11.8 Å². The second-order valence-electron chi connectivity index (χ2n) is 8.48. The predicted molar refractivity (Wildman–Crippen MR) is 130 cm³/mol. The molecule has 0 aromatic heterocycles. The average molecular weight is 462 g/mol. The molecule has 0 aliphatic carbocycles. The van der Waals surface area contributed by atoms with Gasteiger partial charge in [-0.25, -0.2) is 4.79 Å². The molecule has 0 saturated heterocycles. The lowest BCUT2D eigenvalue weighted by atomic mass is 10.0. The first-order valence-electron chi connectivity index (χ1n) is 12.4. The van der Waals surface area contributed by atoms with Crippen molar-refractivity contribution in [3.8, 4) is 0 Å². The Balaban J connectivity index is 3.56. The molecule has 0 spiro atoms. The van der Waals surface area contributed by atoms with Crippen LogP contribution in [0.2, 0.25) is 0 Å². The van der Waals surface area contributed by atoms with Crippen molar-refractivity contribution in [3.63, 3.8) is 0 Å². The van der Waals surface area contributed by atoms with Gasteiger partial charge in [0, 0.05) is 12.2 Å². The summed E-state index contributed by atoms with van der Waals surface area (Å²) >= 11 is 1.15. The van der Waals surface area contributed by atoms with Crippen molar-refractivity contribution in [1.82, 2.24) is 5.32 Å². The number of thioether (sulfide) groups is 1. The molecule has 0 aliphatic rings. The van der Waals surface area contributed by atoms with Gasteiger partial charge in [-0.15, -0.1) is 0 Å². The summed E-state index contributed by atoms with van der Waals surface area (Å²) in [5, 5.41) is 29.4. The molecule has 1 atom stereocenters. The monoisotopic (exact) mass is 461 g/mol. The fourth-order valence-electron chi connectivity index (χ4n) is 3.49. The number of aliphatic hydroxyl groups is 2. The first-order valence-corrected chi connectivity index (χ1v) is 13.5. The summed E-state index contributed by atoms with van der Waals surface area (Å²) in [4.78, 5) is 23.3. The van der Waals surface area contributed by atoms with E-state index in [1.807, 2.05) is 0 Å². The van der Waals surface area contributed by atoms with E-state index >= 15 is 0 Å². The van der Waals surface area contributed by atoms with Gasteiger partial charge in [-0.3, -0.25) is 4.79 Å². The number of amides is 1. The number of nitrogens with one attached hydrogen (secondary N) is 1. The quantitative estimate of drug-likeness (QED) is 0.161. The zero-order valence-corrected chi connectivity index (χ0v) is 20.5. The van der Waals surface area contributed by atoms with Gasteiger partial charge in [0.1, 0.15) is 6.04 Å². The minimum atomic E-state index is -1.09. The first kappa shape index (κ1) is 30.2. The van der Waals surface area contributed by atoms with Crippen LogP contribution in [-0.4, -0.2) is 57.5 Å². The van der Waals surface area contributed by atoms with Crippen LogP contribution < -0.4 is 5.32 Å². The van der Waals surface area contributed by atoms with Gasteiger partial charge in [-0.05, 0) is 6.42 Å². The van der Waals surface area contributed by atoms with Crippen LogP contribution in [0.25, 0.3) is 0 Å². The Morgan fingerprint density at radius 3 is 1.55 bits per heavy atom. The smallest absolute Gasteiger partial charge is 0.327 e. The van der Waals surface area contributed by atoms with Gasteiger partial charge < -0.3 is 20.6 Å². The summed E-state index contributed by atoms with van der Waals surface area (Å²) in [7, 11) is 0. The van der Waals surface area contributed by atoms with E-state index in [1.54, 1.807) is 0 Å². The second-order valence-corrected chi connectivity index (χ2v) is 9.81. The van der Waals surface area contributed by atoms with Crippen LogP contribution in [0.5, 0.6) is 0 Å². The largest absolute Gasteiger partial charge is 0.480 e. The molecule has 0 heterocycles. The van der Waals surface area contributed by atoms with E-state index in [4.69, 9.17) is 10.2 Å². The van der Waals surface area contributed by atoms with E-state index in [0.29, 0.717) is 6.42 Å². The molecular formula is C24H47NO5S. The molecule has 0 bridgehead atoms. The Labute approximate surface area is 194 Å². The lowest BCUT2D eigenvalue weighted by Gasteiger charge is -2.17. The third-order valence-corrected chi connectivity index (χ3v) is 6.84. The Morgan fingerprint density at radius 2 is 1.16 bits per heavy atom. The van der Waals surface area contributed by atoms with Gasteiger partial charge in [-0.1, -0.05) is 96.8 Å². The molecule has 0 radical (unpaired) electrons. The SMILES string of the molecule is CCCCCCCCCCCCCCCCCC(=O)N[C@@H](CSC(CO)CO)C(=O)O. The van der Waals surface area contributed by atoms with Crippen molar-refractivity contribution in [2.45, 2.75) is 121 Å². The number of unbranched alkanes of at least 4 members (excludes halogenated alkanes) is 14. The van der Waals surface area contributed by atoms with Crippen molar-refractivity contribution in [1.29, 1.82) is 0 Å². The Kier molecular flexibility index (Phi) is 21.8. The number of carboxylic acids is 1. The maximum atomic E-state index is 12.0. The third-order valence-electron chi connectivity index (χ3n) is 5.55. The summed E-state index contributed by atoms with van der Waals surface area (Å²) in [6.07, 6.45) is 19.3. The zero-order valence-electron chi connectivity index (χ0n) is 19.7. The van der Waals surface area contributed by atoms with Crippen LogP contribution in [0, 0.1) is 0 Å². The molecule has 0 rings (SSSR count). The number of hydrogen-bond acceptors (Lipinski definition) is 5. The van der Waals surface area contributed by atoms with E-state index in [9.17, 15) is 14.7 Å². The van der Waals surface area contributed by atoms with Crippen LogP contribution in [0.15, 0.2) is 0 Å². The minimum Gasteiger partial charge on any atom is -0.480 e. The number of aliphatic carboxylic acids is 1. The second kappa shape index (κ2) is 22.4. The summed E-state index contributed by atoms with van der Waals surface area (Å²) in [5.74, 6) is -1.20. The molecule has 7 heteroatoms. The van der Waals surface area contributed by atoms with Crippen LogP contribution in [-0.2, 0) is 9.59 Å². The van der Waals surface area contributed by atoms with Gasteiger partial charge >= 0.3 is 5.97 Å². The van der Waals surface area contributed by atoms with Crippen molar-refractivity contribution in [2.75, 3.05) is 19.0 Å². The molecule has 4 N–H and O–H groups in total.